The van der Waals surface area contributed by atoms with Gasteiger partial charge >= 0.3 is 0 Å². The van der Waals surface area contributed by atoms with Gasteiger partial charge in [0, 0.05) is 24.0 Å². The zero-order valence-corrected chi connectivity index (χ0v) is 15.5. The lowest BCUT2D eigenvalue weighted by Crippen LogP contribution is -2.19. The van der Waals surface area contributed by atoms with Crippen molar-refractivity contribution in [3.05, 3.63) is 77.7 Å². The van der Waals surface area contributed by atoms with Gasteiger partial charge in [-0.1, -0.05) is 50.2 Å². The first-order valence-corrected chi connectivity index (χ1v) is 9.21. The van der Waals surface area contributed by atoms with Gasteiger partial charge in [0.25, 0.3) is 5.91 Å². The molecule has 1 aliphatic heterocycles. The molecule has 5 heteroatoms. The van der Waals surface area contributed by atoms with Crippen LogP contribution in [0.15, 0.2) is 60.9 Å². The molecule has 2 aromatic carbocycles. The van der Waals surface area contributed by atoms with Crippen molar-refractivity contribution in [1.82, 2.24) is 9.97 Å². The summed E-state index contributed by atoms with van der Waals surface area (Å²) in [5.74, 6) is 0.847. The van der Waals surface area contributed by atoms with Gasteiger partial charge in [0.2, 0.25) is 0 Å². The van der Waals surface area contributed by atoms with Gasteiger partial charge in [-0.05, 0) is 35.6 Å². The number of nitrogens with one attached hydrogen (secondary N) is 1. The Morgan fingerprint density at radius 1 is 1.07 bits per heavy atom. The van der Waals surface area contributed by atoms with Gasteiger partial charge < -0.3 is 10.2 Å². The minimum atomic E-state index is -0.223. The number of aromatic nitrogens is 2. The van der Waals surface area contributed by atoms with Crippen LogP contribution in [0.1, 0.15) is 41.4 Å². The Bertz CT molecular complexity index is 983. The van der Waals surface area contributed by atoms with Crippen molar-refractivity contribution in [2.24, 2.45) is 0 Å². The summed E-state index contributed by atoms with van der Waals surface area (Å²) in [7, 11) is 0. The summed E-state index contributed by atoms with van der Waals surface area (Å²) in [5, 5.41) is 3.00. The van der Waals surface area contributed by atoms with E-state index in [1.807, 2.05) is 36.4 Å². The molecule has 1 aromatic heterocycles. The predicted octanol–water partition coefficient (Wildman–Crippen LogP) is 4.55. The van der Waals surface area contributed by atoms with Gasteiger partial charge in [-0.15, -0.1) is 0 Å². The largest absolute Gasteiger partial charge is 0.326 e. The monoisotopic (exact) mass is 358 g/mol. The zero-order chi connectivity index (χ0) is 18.8. The average molecular weight is 358 g/mol. The van der Waals surface area contributed by atoms with E-state index >= 15 is 0 Å². The van der Waals surface area contributed by atoms with Crippen LogP contribution in [0.5, 0.6) is 0 Å². The molecular formula is C22H22N4O. The van der Waals surface area contributed by atoms with E-state index in [2.05, 4.69) is 46.2 Å². The highest BCUT2D eigenvalue weighted by Crippen LogP contribution is 2.33. The van der Waals surface area contributed by atoms with Crippen molar-refractivity contribution in [3.63, 3.8) is 0 Å². The number of hydrogen-bond donors (Lipinski definition) is 1. The summed E-state index contributed by atoms with van der Waals surface area (Å²) in [6, 6.07) is 17.9. The van der Waals surface area contributed by atoms with Gasteiger partial charge in [0.15, 0.2) is 0 Å². The maximum Gasteiger partial charge on any atom is 0.274 e. The van der Waals surface area contributed by atoms with Gasteiger partial charge in [0.05, 0.1) is 0 Å². The Labute approximate surface area is 159 Å². The Morgan fingerprint density at radius 3 is 2.70 bits per heavy atom. The molecule has 1 aliphatic rings. The number of carbonyl (C=O) groups excluding carboxylic acids is 1. The van der Waals surface area contributed by atoms with E-state index in [0.29, 0.717) is 11.6 Å². The molecule has 136 valence electrons. The first-order chi connectivity index (χ1) is 13.1. The van der Waals surface area contributed by atoms with Crippen molar-refractivity contribution in [2.45, 2.75) is 26.2 Å². The maximum atomic E-state index is 12.8. The number of benzene rings is 2. The van der Waals surface area contributed by atoms with Crippen LogP contribution in [0.4, 0.5) is 17.2 Å². The summed E-state index contributed by atoms with van der Waals surface area (Å²) < 4.78 is 0. The molecule has 1 N–H and O–H groups in total. The minimum absolute atomic E-state index is 0.223. The SMILES string of the molecule is CC(C)c1ccccc1NC(=O)c1cc(N2CCc3ccccc32)ncn1. The van der Waals surface area contributed by atoms with Crippen LogP contribution in [0.25, 0.3) is 0 Å². The lowest BCUT2D eigenvalue weighted by molar-refractivity contribution is 0.102. The Balaban J connectivity index is 1.59. The Hall–Kier alpha value is -3.21. The van der Waals surface area contributed by atoms with Gasteiger partial charge in [-0.2, -0.15) is 0 Å². The third-order valence-electron chi connectivity index (χ3n) is 4.88. The standard InChI is InChI=1S/C22H22N4O/c1-15(2)17-8-4-5-9-18(17)25-22(27)19-13-21(24-14-23-19)26-12-11-16-7-3-6-10-20(16)26/h3-10,13-15H,11-12H2,1-2H3,(H,25,27). The Kier molecular flexibility index (Phi) is 4.59. The highest BCUT2D eigenvalue weighted by atomic mass is 16.1. The van der Waals surface area contributed by atoms with E-state index in [1.165, 1.54) is 11.9 Å². The number of para-hydroxylation sites is 2. The zero-order valence-electron chi connectivity index (χ0n) is 15.5. The van der Waals surface area contributed by atoms with Crippen LogP contribution in [0.3, 0.4) is 0 Å². The van der Waals surface area contributed by atoms with E-state index in [1.54, 1.807) is 6.07 Å². The molecule has 5 nitrogen and oxygen atoms in total. The molecule has 0 unspecified atom stereocenters. The number of carbonyl (C=O) groups is 1. The molecule has 0 saturated heterocycles. The molecule has 0 aliphatic carbocycles. The van der Waals surface area contributed by atoms with Crippen LogP contribution >= 0.6 is 0 Å². The number of nitrogens with zero attached hydrogens (tertiary/aromatic N) is 3. The van der Waals surface area contributed by atoms with Crippen LogP contribution in [-0.2, 0) is 6.42 Å². The van der Waals surface area contributed by atoms with Gasteiger partial charge in [-0.3, -0.25) is 4.79 Å². The van der Waals surface area contributed by atoms with Crippen LogP contribution < -0.4 is 10.2 Å². The number of amides is 1. The summed E-state index contributed by atoms with van der Waals surface area (Å²) >= 11 is 0. The van der Waals surface area contributed by atoms with Crippen molar-refractivity contribution in [3.8, 4) is 0 Å². The van der Waals surface area contributed by atoms with Crippen molar-refractivity contribution >= 4 is 23.1 Å². The fourth-order valence-corrected chi connectivity index (χ4v) is 3.50. The van der Waals surface area contributed by atoms with Crippen molar-refractivity contribution in [1.29, 1.82) is 0 Å². The normalized spacial score (nSPS) is 12.9. The molecule has 0 atom stereocenters. The molecule has 1 amide bonds. The van der Waals surface area contributed by atoms with E-state index in [0.717, 1.165) is 35.7 Å². The molecule has 0 bridgehead atoms. The number of hydrogen-bond acceptors (Lipinski definition) is 4. The van der Waals surface area contributed by atoms with Gasteiger partial charge in [-0.25, -0.2) is 9.97 Å². The second-order valence-electron chi connectivity index (χ2n) is 6.99. The average Bonchev–Trinajstić information content (AvgIpc) is 3.12. The van der Waals surface area contributed by atoms with Crippen molar-refractivity contribution < 1.29 is 4.79 Å². The quantitative estimate of drug-likeness (QED) is 0.743. The van der Waals surface area contributed by atoms with E-state index < -0.39 is 0 Å². The molecule has 4 rings (SSSR count). The first-order valence-electron chi connectivity index (χ1n) is 9.21. The van der Waals surface area contributed by atoms with E-state index in [9.17, 15) is 4.79 Å². The summed E-state index contributed by atoms with van der Waals surface area (Å²) in [5.41, 5.74) is 4.74. The van der Waals surface area contributed by atoms with Crippen LogP contribution in [0.2, 0.25) is 0 Å². The van der Waals surface area contributed by atoms with Gasteiger partial charge in [0.1, 0.15) is 17.8 Å². The molecule has 0 spiro atoms. The lowest BCUT2D eigenvalue weighted by Gasteiger charge is -2.18. The molecule has 27 heavy (non-hydrogen) atoms. The maximum absolute atomic E-state index is 12.8. The number of rotatable bonds is 4. The third-order valence-corrected chi connectivity index (χ3v) is 4.88. The minimum Gasteiger partial charge on any atom is -0.326 e. The molecule has 3 aromatic rings. The Morgan fingerprint density at radius 2 is 1.85 bits per heavy atom. The van der Waals surface area contributed by atoms with E-state index in [-0.39, 0.29) is 5.91 Å². The first kappa shape index (κ1) is 17.2. The molecule has 0 fully saturated rings. The molecule has 0 saturated carbocycles. The number of anilines is 3. The number of fused-ring (bicyclic) bond motifs is 1. The van der Waals surface area contributed by atoms with Crippen molar-refractivity contribution in [2.75, 3.05) is 16.8 Å². The third kappa shape index (κ3) is 3.40. The highest BCUT2D eigenvalue weighted by Gasteiger charge is 2.22. The fourth-order valence-electron chi connectivity index (χ4n) is 3.50. The van der Waals surface area contributed by atoms with Crippen LogP contribution in [0, 0.1) is 0 Å². The predicted molar refractivity (Wildman–Crippen MR) is 108 cm³/mol. The molecule has 2 heterocycles. The van der Waals surface area contributed by atoms with E-state index in [4.69, 9.17) is 0 Å². The highest BCUT2D eigenvalue weighted by molar-refractivity contribution is 6.03. The smallest absolute Gasteiger partial charge is 0.274 e. The summed E-state index contributed by atoms with van der Waals surface area (Å²) in [4.78, 5) is 23.5. The lowest BCUT2D eigenvalue weighted by atomic mass is 10.0. The second-order valence-corrected chi connectivity index (χ2v) is 6.99. The second kappa shape index (κ2) is 7.19. The van der Waals surface area contributed by atoms with Crippen LogP contribution in [-0.4, -0.2) is 22.4 Å². The topological polar surface area (TPSA) is 58.1 Å². The summed E-state index contributed by atoms with van der Waals surface area (Å²) in [6.07, 6.45) is 2.43. The molecular weight excluding hydrogens is 336 g/mol. The molecule has 0 radical (unpaired) electrons. The fraction of sp³-hybridized carbons (Fsp3) is 0.227. The summed E-state index contributed by atoms with van der Waals surface area (Å²) in [6.45, 7) is 5.07.